The summed E-state index contributed by atoms with van der Waals surface area (Å²) in [5.41, 5.74) is 5.56. The first-order valence-corrected chi connectivity index (χ1v) is 13.4. The van der Waals surface area contributed by atoms with Crippen LogP contribution in [0.1, 0.15) is 54.2 Å². The number of benzene rings is 1. The molecule has 1 unspecified atom stereocenters. The molecule has 0 spiro atoms. The van der Waals surface area contributed by atoms with E-state index in [1.54, 1.807) is 12.4 Å². The number of nitrogens with one attached hydrogen (secondary N) is 2. The highest BCUT2D eigenvalue weighted by atomic mass is 35.5. The molecule has 35 heavy (non-hydrogen) atoms. The van der Waals surface area contributed by atoms with E-state index < -0.39 is 5.97 Å². The summed E-state index contributed by atoms with van der Waals surface area (Å²) >= 11 is 7.62. The highest BCUT2D eigenvalue weighted by Gasteiger charge is 2.24. The van der Waals surface area contributed by atoms with Crippen molar-refractivity contribution in [1.82, 2.24) is 19.9 Å². The number of aryl methyl sites for hydroxylation is 2. The second-order valence-electron chi connectivity index (χ2n) is 8.85. The number of likely N-dealkylation sites (tertiary alicyclic amines) is 1. The Kier molecular flexibility index (Phi) is 7.46. The molecular formula is C25H29ClN6O2S. The van der Waals surface area contributed by atoms with Crippen molar-refractivity contribution in [2.45, 2.75) is 51.5 Å². The lowest BCUT2D eigenvalue weighted by Crippen LogP contribution is -2.32. The Morgan fingerprint density at radius 2 is 1.97 bits per heavy atom. The van der Waals surface area contributed by atoms with Gasteiger partial charge in [0, 0.05) is 11.7 Å². The van der Waals surface area contributed by atoms with Gasteiger partial charge in [-0.05, 0) is 81.8 Å². The predicted molar refractivity (Wildman–Crippen MR) is 139 cm³/mol. The van der Waals surface area contributed by atoms with Crippen LogP contribution in [0, 0.1) is 0 Å². The Balaban J connectivity index is 1.29. The third-order valence-corrected chi connectivity index (χ3v) is 7.64. The van der Waals surface area contributed by atoms with Crippen molar-refractivity contribution in [3.05, 3.63) is 51.7 Å². The summed E-state index contributed by atoms with van der Waals surface area (Å²) in [7, 11) is 0. The minimum absolute atomic E-state index is 0.207. The van der Waals surface area contributed by atoms with Gasteiger partial charge in [0.25, 0.3) is 0 Å². The highest BCUT2D eigenvalue weighted by Crippen LogP contribution is 2.31. The fourth-order valence-electron chi connectivity index (χ4n) is 4.87. The van der Waals surface area contributed by atoms with Crippen molar-refractivity contribution in [3.8, 4) is 0 Å². The maximum atomic E-state index is 12.1. The smallest absolute Gasteiger partial charge is 0.360 e. The number of carbonyl (C=O) groups is 1. The summed E-state index contributed by atoms with van der Waals surface area (Å²) in [6.07, 6.45) is 8.86. The van der Waals surface area contributed by atoms with Crippen LogP contribution in [0.2, 0.25) is 5.02 Å². The predicted octanol–water partition coefficient (Wildman–Crippen LogP) is 5.59. The van der Waals surface area contributed by atoms with Crippen LogP contribution in [0.5, 0.6) is 0 Å². The summed E-state index contributed by atoms with van der Waals surface area (Å²) in [6, 6.07) is 7.22. The number of thiazole rings is 1. The van der Waals surface area contributed by atoms with Crippen molar-refractivity contribution < 1.29 is 9.53 Å². The molecule has 2 N–H and O–H groups in total. The average Bonchev–Trinajstić information content (AvgIpc) is 3.51. The summed E-state index contributed by atoms with van der Waals surface area (Å²) in [5.74, 6) is 0.321. The number of aromatic nitrogens is 3. The number of hydrogen-bond acceptors (Lipinski definition) is 9. The number of anilines is 4. The normalized spacial score (nSPS) is 18.1. The van der Waals surface area contributed by atoms with Gasteiger partial charge in [0.2, 0.25) is 5.95 Å². The number of nitrogens with zero attached hydrogens (tertiary/aromatic N) is 4. The average molecular weight is 513 g/mol. The van der Waals surface area contributed by atoms with Gasteiger partial charge in [-0.15, -0.1) is 11.3 Å². The van der Waals surface area contributed by atoms with Gasteiger partial charge in [0.05, 0.1) is 18.3 Å². The van der Waals surface area contributed by atoms with E-state index in [2.05, 4.69) is 48.7 Å². The van der Waals surface area contributed by atoms with Gasteiger partial charge in [-0.1, -0.05) is 17.7 Å². The second-order valence-corrected chi connectivity index (χ2v) is 10.1. The Bertz CT molecular complexity index is 1200. The monoisotopic (exact) mass is 512 g/mol. The quantitative estimate of drug-likeness (QED) is 0.312. The maximum absolute atomic E-state index is 12.1. The van der Waals surface area contributed by atoms with Gasteiger partial charge < -0.3 is 20.3 Å². The van der Waals surface area contributed by atoms with E-state index in [4.69, 9.17) is 16.3 Å². The van der Waals surface area contributed by atoms with Gasteiger partial charge in [-0.2, -0.15) is 4.98 Å². The molecule has 2 aromatic heterocycles. The molecule has 1 atom stereocenters. The van der Waals surface area contributed by atoms with Crippen LogP contribution in [0.15, 0.2) is 29.9 Å². The van der Waals surface area contributed by atoms with Crippen LogP contribution < -0.4 is 10.6 Å². The summed E-state index contributed by atoms with van der Waals surface area (Å²) in [4.78, 5) is 27.8. The van der Waals surface area contributed by atoms with E-state index in [0.29, 0.717) is 27.8 Å². The third-order valence-electron chi connectivity index (χ3n) is 6.63. The Labute approximate surface area is 214 Å². The van der Waals surface area contributed by atoms with Crippen molar-refractivity contribution in [2.75, 3.05) is 30.3 Å². The van der Waals surface area contributed by atoms with Crippen molar-refractivity contribution in [3.63, 3.8) is 0 Å². The second kappa shape index (κ2) is 10.9. The largest absolute Gasteiger partial charge is 0.461 e. The molecule has 3 aromatic rings. The van der Waals surface area contributed by atoms with Crippen LogP contribution in [0.3, 0.4) is 0 Å². The SMILES string of the molecule is CCOC(=O)c1ncsc1Nc1nc(Nc2ccc3c(c2)CCC(N2CCCC2)CC3)ncc1Cl. The lowest BCUT2D eigenvalue weighted by atomic mass is 10.0. The van der Waals surface area contributed by atoms with Gasteiger partial charge in [-0.25, -0.2) is 14.8 Å². The topological polar surface area (TPSA) is 92.3 Å². The molecule has 0 radical (unpaired) electrons. The van der Waals surface area contributed by atoms with Gasteiger partial charge in [0.1, 0.15) is 10.0 Å². The fourth-order valence-corrected chi connectivity index (χ4v) is 5.68. The molecule has 8 nitrogen and oxygen atoms in total. The Hall–Kier alpha value is -2.75. The molecule has 5 rings (SSSR count). The Morgan fingerprint density at radius 1 is 1.17 bits per heavy atom. The maximum Gasteiger partial charge on any atom is 0.360 e. The zero-order valence-corrected chi connectivity index (χ0v) is 21.3. The number of fused-ring (bicyclic) bond motifs is 1. The van der Waals surface area contributed by atoms with Crippen LogP contribution in [0.25, 0.3) is 0 Å². The van der Waals surface area contributed by atoms with Crippen LogP contribution in [0.4, 0.5) is 22.5 Å². The van der Waals surface area contributed by atoms with Crippen molar-refractivity contribution in [1.29, 1.82) is 0 Å². The van der Waals surface area contributed by atoms with Crippen LogP contribution in [-0.2, 0) is 17.6 Å². The molecule has 0 amide bonds. The molecular weight excluding hydrogens is 484 g/mol. The molecule has 1 saturated heterocycles. The van der Waals surface area contributed by atoms with E-state index in [1.165, 1.54) is 67.4 Å². The number of hydrogen-bond donors (Lipinski definition) is 2. The van der Waals surface area contributed by atoms with E-state index >= 15 is 0 Å². The number of ether oxygens (including phenoxy) is 1. The lowest BCUT2D eigenvalue weighted by Gasteiger charge is -2.25. The minimum atomic E-state index is -0.489. The first-order chi connectivity index (χ1) is 17.1. The number of carbonyl (C=O) groups excluding carboxylic acids is 1. The molecule has 1 aliphatic heterocycles. The fraction of sp³-hybridized carbons (Fsp3) is 0.440. The van der Waals surface area contributed by atoms with Crippen LogP contribution in [-0.4, -0.2) is 51.6 Å². The molecule has 1 aromatic carbocycles. The van der Waals surface area contributed by atoms with E-state index in [0.717, 1.165) is 18.5 Å². The summed E-state index contributed by atoms with van der Waals surface area (Å²) in [6.45, 7) is 4.53. The van der Waals surface area contributed by atoms with Crippen molar-refractivity contribution in [2.24, 2.45) is 0 Å². The minimum Gasteiger partial charge on any atom is -0.461 e. The highest BCUT2D eigenvalue weighted by molar-refractivity contribution is 7.14. The number of halogens is 1. The summed E-state index contributed by atoms with van der Waals surface area (Å²) < 4.78 is 5.07. The van der Waals surface area contributed by atoms with E-state index in [9.17, 15) is 4.79 Å². The van der Waals surface area contributed by atoms with E-state index in [-0.39, 0.29) is 12.3 Å². The summed E-state index contributed by atoms with van der Waals surface area (Å²) in [5, 5.41) is 7.28. The Morgan fingerprint density at radius 3 is 2.77 bits per heavy atom. The zero-order valence-electron chi connectivity index (χ0n) is 19.7. The molecule has 0 bridgehead atoms. The molecule has 3 heterocycles. The molecule has 2 aliphatic rings. The standard InChI is InChI=1S/C25H29ClN6O2S/c1-2-34-24(33)21-23(35-15-28-21)30-22-20(26)14-27-25(31-22)29-18-8-5-16-6-9-19(10-7-17(16)13-18)32-11-3-4-12-32/h5,8,13-15,19H,2-4,6-7,9-12H2,1H3,(H2,27,29,30,31). The van der Waals surface area contributed by atoms with Gasteiger partial charge in [-0.3, -0.25) is 0 Å². The number of rotatable bonds is 7. The molecule has 1 fully saturated rings. The molecule has 0 saturated carbocycles. The van der Waals surface area contributed by atoms with Gasteiger partial charge in [0.15, 0.2) is 11.5 Å². The zero-order chi connectivity index (χ0) is 24.2. The van der Waals surface area contributed by atoms with Crippen LogP contribution >= 0.6 is 22.9 Å². The molecule has 1 aliphatic carbocycles. The molecule has 10 heteroatoms. The first kappa shape index (κ1) is 24.0. The third kappa shape index (κ3) is 5.58. The van der Waals surface area contributed by atoms with Crippen molar-refractivity contribution >= 4 is 51.4 Å². The lowest BCUT2D eigenvalue weighted by molar-refractivity contribution is 0.0521. The molecule has 184 valence electrons. The first-order valence-electron chi connectivity index (χ1n) is 12.1. The van der Waals surface area contributed by atoms with E-state index in [1.807, 2.05) is 0 Å². The number of esters is 1. The van der Waals surface area contributed by atoms with Gasteiger partial charge >= 0.3 is 5.97 Å².